The zero-order valence-electron chi connectivity index (χ0n) is 11.8. The summed E-state index contributed by atoms with van der Waals surface area (Å²) in [5.74, 6) is -0.171. The van der Waals surface area contributed by atoms with Crippen LogP contribution in [0, 0.1) is 5.82 Å². The van der Waals surface area contributed by atoms with Crippen LogP contribution < -0.4 is 4.90 Å². The van der Waals surface area contributed by atoms with Crippen molar-refractivity contribution in [3.05, 3.63) is 65.6 Å². The van der Waals surface area contributed by atoms with Crippen molar-refractivity contribution in [3.63, 3.8) is 0 Å². The summed E-state index contributed by atoms with van der Waals surface area (Å²) in [5.41, 5.74) is 4.98. The molecule has 0 atom stereocenters. The second-order valence-electron chi connectivity index (χ2n) is 5.62. The molecule has 1 aromatic heterocycles. The summed E-state index contributed by atoms with van der Waals surface area (Å²) in [7, 11) is 0. The van der Waals surface area contributed by atoms with Gasteiger partial charge in [0.15, 0.2) is 0 Å². The van der Waals surface area contributed by atoms with E-state index in [1.807, 2.05) is 6.20 Å². The SMILES string of the molecule is Fc1ccc2[nH]cc(CCN3CCc4ccccc43)c2c1. The van der Waals surface area contributed by atoms with Crippen LogP contribution in [0.3, 0.4) is 0 Å². The Morgan fingerprint density at radius 1 is 1.14 bits per heavy atom. The van der Waals surface area contributed by atoms with Gasteiger partial charge in [-0.2, -0.15) is 0 Å². The number of fused-ring (bicyclic) bond motifs is 2. The molecule has 2 heterocycles. The van der Waals surface area contributed by atoms with Gasteiger partial charge in [0.05, 0.1) is 0 Å². The van der Waals surface area contributed by atoms with Crippen LogP contribution >= 0.6 is 0 Å². The van der Waals surface area contributed by atoms with Crippen LogP contribution in [0.15, 0.2) is 48.7 Å². The number of nitrogens with one attached hydrogen (secondary N) is 1. The fourth-order valence-corrected chi connectivity index (χ4v) is 3.25. The fraction of sp³-hybridized carbons (Fsp3) is 0.222. The van der Waals surface area contributed by atoms with Gasteiger partial charge in [0.1, 0.15) is 5.82 Å². The first-order chi connectivity index (χ1) is 10.3. The van der Waals surface area contributed by atoms with E-state index in [1.165, 1.54) is 22.9 Å². The number of H-pyrrole nitrogens is 1. The normalized spacial score (nSPS) is 13.9. The van der Waals surface area contributed by atoms with Gasteiger partial charge in [-0.25, -0.2) is 4.39 Å². The van der Waals surface area contributed by atoms with Gasteiger partial charge >= 0.3 is 0 Å². The Hall–Kier alpha value is -2.29. The summed E-state index contributed by atoms with van der Waals surface area (Å²) >= 11 is 0. The number of hydrogen-bond donors (Lipinski definition) is 1. The van der Waals surface area contributed by atoms with Gasteiger partial charge in [-0.05, 0) is 48.2 Å². The van der Waals surface area contributed by atoms with Crippen molar-refractivity contribution in [3.8, 4) is 0 Å². The minimum absolute atomic E-state index is 0.171. The highest BCUT2D eigenvalue weighted by atomic mass is 19.1. The van der Waals surface area contributed by atoms with Gasteiger partial charge < -0.3 is 9.88 Å². The standard InChI is InChI=1S/C18H17FN2/c19-15-5-6-17-16(11-15)14(12-20-17)8-10-21-9-7-13-3-1-2-4-18(13)21/h1-6,11-12,20H,7-10H2. The summed E-state index contributed by atoms with van der Waals surface area (Å²) in [6.07, 6.45) is 4.06. The molecule has 0 saturated heterocycles. The topological polar surface area (TPSA) is 19.0 Å². The zero-order valence-corrected chi connectivity index (χ0v) is 11.8. The van der Waals surface area contributed by atoms with Crippen LogP contribution in [-0.2, 0) is 12.8 Å². The molecular weight excluding hydrogens is 263 g/mol. The number of nitrogens with zero attached hydrogens (tertiary/aromatic N) is 1. The van der Waals surface area contributed by atoms with Gasteiger partial charge in [-0.15, -0.1) is 0 Å². The monoisotopic (exact) mass is 280 g/mol. The molecule has 0 amide bonds. The van der Waals surface area contributed by atoms with E-state index in [9.17, 15) is 4.39 Å². The second-order valence-corrected chi connectivity index (χ2v) is 5.62. The van der Waals surface area contributed by atoms with Crippen molar-refractivity contribution in [2.24, 2.45) is 0 Å². The van der Waals surface area contributed by atoms with Crippen molar-refractivity contribution in [1.29, 1.82) is 0 Å². The van der Waals surface area contributed by atoms with Crippen LogP contribution in [0.5, 0.6) is 0 Å². The predicted octanol–water partition coefficient (Wildman–Crippen LogP) is 3.91. The molecule has 1 N–H and O–H groups in total. The average Bonchev–Trinajstić information content (AvgIpc) is 3.09. The maximum atomic E-state index is 13.4. The Morgan fingerprint density at radius 3 is 3.00 bits per heavy atom. The van der Waals surface area contributed by atoms with Gasteiger partial charge in [0.2, 0.25) is 0 Å². The molecule has 0 radical (unpaired) electrons. The van der Waals surface area contributed by atoms with Crippen LogP contribution in [0.25, 0.3) is 10.9 Å². The summed E-state index contributed by atoms with van der Waals surface area (Å²) in [4.78, 5) is 5.65. The highest BCUT2D eigenvalue weighted by Gasteiger charge is 2.18. The fourth-order valence-electron chi connectivity index (χ4n) is 3.25. The molecule has 3 aromatic rings. The summed E-state index contributed by atoms with van der Waals surface area (Å²) in [6.45, 7) is 2.05. The Balaban J connectivity index is 1.56. The van der Waals surface area contributed by atoms with Gasteiger partial charge in [0, 0.05) is 35.9 Å². The summed E-state index contributed by atoms with van der Waals surface area (Å²) in [6, 6.07) is 13.5. The summed E-state index contributed by atoms with van der Waals surface area (Å²) < 4.78 is 13.4. The Bertz CT molecular complexity index is 791. The number of aromatic nitrogens is 1. The number of rotatable bonds is 3. The molecule has 0 spiro atoms. The smallest absolute Gasteiger partial charge is 0.123 e. The van der Waals surface area contributed by atoms with Gasteiger partial charge in [-0.3, -0.25) is 0 Å². The van der Waals surface area contributed by atoms with E-state index in [-0.39, 0.29) is 5.82 Å². The third-order valence-electron chi connectivity index (χ3n) is 4.36. The predicted molar refractivity (Wildman–Crippen MR) is 84.3 cm³/mol. The second kappa shape index (κ2) is 4.92. The van der Waals surface area contributed by atoms with E-state index in [0.717, 1.165) is 36.8 Å². The molecule has 1 aliphatic rings. The van der Waals surface area contributed by atoms with Crippen LogP contribution in [0.1, 0.15) is 11.1 Å². The van der Waals surface area contributed by atoms with Gasteiger partial charge in [0.25, 0.3) is 0 Å². The van der Waals surface area contributed by atoms with Crippen molar-refractivity contribution in [1.82, 2.24) is 4.98 Å². The number of aromatic amines is 1. The van der Waals surface area contributed by atoms with E-state index in [2.05, 4.69) is 34.1 Å². The lowest BCUT2D eigenvalue weighted by Gasteiger charge is -2.19. The third-order valence-corrected chi connectivity index (χ3v) is 4.36. The van der Waals surface area contributed by atoms with Crippen LogP contribution in [-0.4, -0.2) is 18.1 Å². The zero-order chi connectivity index (χ0) is 14.2. The highest BCUT2D eigenvalue weighted by molar-refractivity contribution is 5.83. The molecule has 0 saturated carbocycles. The number of anilines is 1. The average molecular weight is 280 g/mol. The maximum absolute atomic E-state index is 13.4. The number of benzene rings is 2. The first-order valence-electron chi connectivity index (χ1n) is 7.39. The first-order valence-corrected chi connectivity index (χ1v) is 7.39. The maximum Gasteiger partial charge on any atom is 0.123 e. The van der Waals surface area contributed by atoms with Crippen LogP contribution in [0.4, 0.5) is 10.1 Å². The molecule has 4 rings (SSSR count). The number of para-hydroxylation sites is 1. The highest BCUT2D eigenvalue weighted by Crippen LogP contribution is 2.28. The van der Waals surface area contributed by atoms with E-state index >= 15 is 0 Å². The van der Waals surface area contributed by atoms with Crippen LogP contribution in [0.2, 0.25) is 0 Å². The van der Waals surface area contributed by atoms with E-state index in [4.69, 9.17) is 0 Å². The van der Waals surface area contributed by atoms with Crippen molar-refractivity contribution in [2.75, 3.05) is 18.0 Å². The van der Waals surface area contributed by atoms with Crippen molar-refractivity contribution in [2.45, 2.75) is 12.8 Å². The van der Waals surface area contributed by atoms with Gasteiger partial charge in [-0.1, -0.05) is 18.2 Å². The molecule has 106 valence electrons. The number of hydrogen-bond acceptors (Lipinski definition) is 1. The van der Waals surface area contributed by atoms with E-state index in [0.29, 0.717) is 0 Å². The summed E-state index contributed by atoms with van der Waals surface area (Å²) in [5, 5.41) is 1.00. The molecule has 0 unspecified atom stereocenters. The molecule has 0 bridgehead atoms. The molecule has 21 heavy (non-hydrogen) atoms. The lowest BCUT2D eigenvalue weighted by atomic mass is 10.1. The molecule has 2 nitrogen and oxygen atoms in total. The largest absolute Gasteiger partial charge is 0.371 e. The molecule has 0 fully saturated rings. The Kier molecular flexibility index (Phi) is 2.92. The minimum atomic E-state index is -0.171. The Morgan fingerprint density at radius 2 is 2.05 bits per heavy atom. The molecule has 3 heteroatoms. The third kappa shape index (κ3) is 2.19. The first kappa shape index (κ1) is 12.5. The lowest BCUT2D eigenvalue weighted by molar-refractivity contribution is 0.629. The molecular formula is C18H17FN2. The number of halogens is 1. The molecule has 0 aliphatic carbocycles. The quantitative estimate of drug-likeness (QED) is 0.770. The Labute approximate surface area is 123 Å². The van der Waals surface area contributed by atoms with E-state index < -0.39 is 0 Å². The van der Waals surface area contributed by atoms with Crippen molar-refractivity contribution < 1.29 is 4.39 Å². The van der Waals surface area contributed by atoms with E-state index in [1.54, 1.807) is 12.1 Å². The lowest BCUT2D eigenvalue weighted by Crippen LogP contribution is -2.23. The van der Waals surface area contributed by atoms with Crippen molar-refractivity contribution >= 4 is 16.6 Å². The molecule has 2 aromatic carbocycles. The molecule has 1 aliphatic heterocycles. The minimum Gasteiger partial charge on any atom is -0.371 e.